The zero-order valence-electron chi connectivity index (χ0n) is 13.5. The topological polar surface area (TPSA) is 54.2 Å². The minimum absolute atomic E-state index is 0.0345. The Kier molecular flexibility index (Phi) is 3.82. The highest BCUT2D eigenvalue weighted by Gasteiger charge is 2.42. The fraction of sp³-hybridized carbons (Fsp3) is 0.875. The third-order valence-electron chi connectivity index (χ3n) is 5.13. The molecule has 5 nitrogen and oxygen atoms in total. The van der Waals surface area contributed by atoms with Crippen LogP contribution in [-0.4, -0.2) is 43.5 Å². The van der Waals surface area contributed by atoms with Gasteiger partial charge < -0.3 is 5.11 Å². The van der Waals surface area contributed by atoms with Crippen molar-refractivity contribution in [3.05, 3.63) is 12.2 Å². The SMILES string of the molecule is CC(C)(C)n1ncnc1CN1CC[C@]2(O)CCCC[C@@H]2C1. The number of hydrogen-bond donors (Lipinski definition) is 1. The number of nitrogens with zero attached hydrogens (tertiary/aromatic N) is 4. The van der Waals surface area contributed by atoms with Crippen molar-refractivity contribution in [1.82, 2.24) is 19.7 Å². The van der Waals surface area contributed by atoms with Crippen LogP contribution in [0, 0.1) is 5.92 Å². The van der Waals surface area contributed by atoms with Crippen LogP contribution in [-0.2, 0) is 12.1 Å². The first-order chi connectivity index (χ1) is 9.88. The van der Waals surface area contributed by atoms with Crippen molar-refractivity contribution >= 4 is 0 Å². The van der Waals surface area contributed by atoms with Crippen molar-refractivity contribution in [2.45, 2.75) is 70.6 Å². The summed E-state index contributed by atoms with van der Waals surface area (Å²) < 4.78 is 2.02. The summed E-state index contributed by atoms with van der Waals surface area (Å²) >= 11 is 0. The minimum atomic E-state index is -0.396. The monoisotopic (exact) mass is 292 g/mol. The molecule has 1 aromatic rings. The van der Waals surface area contributed by atoms with Crippen LogP contribution in [0.2, 0.25) is 0 Å². The van der Waals surface area contributed by atoms with Crippen LogP contribution < -0.4 is 0 Å². The van der Waals surface area contributed by atoms with Crippen LogP contribution in [0.25, 0.3) is 0 Å². The molecule has 2 atom stereocenters. The van der Waals surface area contributed by atoms with E-state index in [2.05, 4.69) is 35.8 Å². The molecule has 5 heteroatoms. The number of aliphatic hydroxyl groups is 1. The molecule has 0 aromatic carbocycles. The Balaban J connectivity index is 1.69. The van der Waals surface area contributed by atoms with E-state index in [0.717, 1.165) is 38.3 Å². The average Bonchev–Trinajstić information content (AvgIpc) is 2.87. The van der Waals surface area contributed by atoms with E-state index >= 15 is 0 Å². The number of likely N-dealkylation sites (tertiary alicyclic amines) is 1. The van der Waals surface area contributed by atoms with Crippen molar-refractivity contribution in [2.75, 3.05) is 13.1 Å². The molecule has 1 saturated heterocycles. The molecule has 1 aliphatic heterocycles. The van der Waals surface area contributed by atoms with Gasteiger partial charge in [-0.2, -0.15) is 5.10 Å². The van der Waals surface area contributed by atoms with Crippen molar-refractivity contribution in [3.63, 3.8) is 0 Å². The quantitative estimate of drug-likeness (QED) is 0.907. The fourth-order valence-corrected chi connectivity index (χ4v) is 3.92. The highest BCUT2D eigenvalue weighted by molar-refractivity contribution is 4.98. The number of fused-ring (bicyclic) bond motifs is 1. The third-order valence-corrected chi connectivity index (χ3v) is 5.13. The Morgan fingerprint density at radius 1 is 1.33 bits per heavy atom. The van der Waals surface area contributed by atoms with Gasteiger partial charge in [0, 0.05) is 19.0 Å². The van der Waals surface area contributed by atoms with Gasteiger partial charge in [-0.1, -0.05) is 12.8 Å². The molecule has 118 valence electrons. The summed E-state index contributed by atoms with van der Waals surface area (Å²) in [6.07, 6.45) is 7.16. The first-order valence-corrected chi connectivity index (χ1v) is 8.23. The Labute approximate surface area is 127 Å². The molecule has 0 unspecified atom stereocenters. The summed E-state index contributed by atoms with van der Waals surface area (Å²) in [5.41, 5.74) is -0.431. The Bertz CT molecular complexity index is 493. The van der Waals surface area contributed by atoms with Gasteiger partial charge in [0.15, 0.2) is 0 Å². The predicted molar refractivity (Wildman–Crippen MR) is 81.8 cm³/mol. The van der Waals surface area contributed by atoms with Crippen LogP contribution in [0.3, 0.4) is 0 Å². The van der Waals surface area contributed by atoms with Gasteiger partial charge in [-0.05, 0) is 40.0 Å². The second kappa shape index (κ2) is 5.36. The molecule has 1 aliphatic carbocycles. The van der Waals surface area contributed by atoms with Crippen molar-refractivity contribution in [1.29, 1.82) is 0 Å². The Morgan fingerprint density at radius 3 is 2.90 bits per heavy atom. The van der Waals surface area contributed by atoms with Gasteiger partial charge in [0.2, 0.25) is 0 Å². The normalized spacial score (nSPS) is 31.1. The highest BCUT2D eigenvalue weighted by atomic mass is 16.3. The van der Waals surface area contributed by atoms with E-state index in [9.17, 15) is 5.11 Å². The molecule has 1 aromatic heterocycles. The third kappa shape index (κ3) is 2.99. The molecule has 0 radical (unpaired) electrons. The van der Waals surface area contributed by atoms with Crippen LogP contribution in [0.15, 0.2) is 6.33 Å². The molecule has 1 N–H and O–H groups in total. The van der Waals surface area contributed by atoms with E-state index in [1.807, 2.05) is 4.68 Å². The van der Waals surface area contributed by atoms with E-state index in [4.69, 9.17) is 0 Å². The van der Waals surface area contributed by atoms with Gasteiger partial charge in [-0.15, -0.1) is 0 Å². The molecule has 2 fully saturated rings. The summed E-state index contributed by atoms with van der Waals surface area (Å²) in [6.45, 7) is 9.26. The molecule has 0 bridgehead atoms. The van der Waals surface area contributed by atoms with Crippen molar-refractivity contribution in [3.8, 4) is 0 Å². The van der Waals surface area contributed by atoms with Gasteiger partial charge in [0.05, 0.1) is 17.7 Å². The molecule has 2 aliphatic rings. The maximum absolute atomic E-state index is 10.8. The van der Waals surface area contributed by atoms with E-state index in [1.165, 1.54) is 19.3 Å². The van der Waals surface area contributed by atoms with E-state index < -0.39 is 5.60 Å². The van der Waals surface area contributed by atoms with Gasteiger partial charge in [-0.25, -0.2) is 9.67 Å². The number of rotatable bonds is 2. The molecular weight excluding hydrogens is 264 g/mol. The van der Waals surface area contributed by atoms with Gasteiger partial charge >= 0.3 is 0 Å². The lowest BCUT2D eigenvalue weighted by atomic mass is 9.71. The molecule has 2 heterocycles. The summed E-state index contributed by atoms with van der Waals surface area (Å²) in [7, 11) is 0. The van der Waals surface area contributed by atoms with Gasteiger partial charge in [-0.3, -0.25) is 4.90 Å². The molecular formula is C16H28N4O. The molecule has 1 saturated carbocycles. The molecule has 21 heavy (non-hydrogen) atoms. The lowest BCUT2D eigenvalue weighted by Crippen LogP contribution is -2.53. The van der Waals surface area contributed by atoms with Crippen LogP contribution in [0.4, 0.5) is 0 Å². The predicted octanol–water partition coefficient (Wildman–Crippen LogP) is 2.16. The maximum Gasteiger partial charge on any atom is 0.141 e. The van der Waals surface area contributed by atoms with Gasteiger partial charge in [0.25, 0.3) is 0 Å². The lowest BCUT2D eigenvalue weighted by Gasteiger charge is -2.47. The zero-order valence-corrected chi connectivity index (χ0v) is 13.5. The second-order valence-electron chi connectivity index (χ2n) is 7.79. The summed E-state index contributed by atoms with van der Waals surface area (Å²) in [6, 6.07) is 0. The number of aromatic nitrogens is 3. The fourth-order valence-electron chi connectivity index (χ4n) is 3.92. The number of hydrogen-bond acceptors (Lipinski definition) is 4. The number of piperidine rings is 1. The summed E-state index contributed by atoms with van der Waals surface area (Å²) in [5.74, 6) is 1.47. The Morgan fingerprint density at radius 2 is 2.14 bits per heavy atom. The highest BCUT2D eigenvalue weighted by Crippen LogP contribution is 2.40. The average molecular weight is 292 g/mol. The van der Waals surface area contributed by atoms with Gasteiger partial charge in [0.1, 0.15) is 12.2 Å². The Hall–Kier alpha value is -0.940. The molecule has 3 rings (SSSR count). The maximum atomic E-state index is 10.8. The van der Waals surface area contributed by atoms with E-state index in [1.54, 1.807) is 6.33 Å². The second-order valence-corrected chi connectivity index (χ2v) is 7.79. The minimum Gasteiger partial charge on any atom is -0.390 e. The summed E-state index contributed by atoms with van der Waals surface area (Å²) in [4.78, 5) is 6.89. The standard InChI is InChI=1S/C16H28N4O/c1-15(2,3)20-14(17-12-18-20)11-19-9-8-16(21)7-5-4-6-13(16)10-19/h12-13,21H,4-11H2,1-3H3/t13-,16-/m1/s1. The van der Waals surface area contributed by atoms with E-state index in [0.29, 0.717) is 5.92 Å². The lowest BCUT2D eigenvalue weighted by molar-refractivity contribution is -0.0973. The first-order valence-electron chi connectivity index (χ1n) is 8.23. The summed E-state index contributed by atoms with van der Waals surface area (Å²) in [5, 5.41) is 15.1. The van der Waals surface area contributed by atoms with Crippen LogP contribution in [0.1, 0.15) is 58.7 Å². The van der Waals surface area contributed by atoms with Crippen LogP contribution in [0.5, 0.6) is 0 Å². The first kappa shape index (κ1) is 15.0. The van der Waals surface area contributed by atoms with E-state index in [-0.39, 0.29) is 5.54 Å². The van der Waals surface area contributed by atoms with Crippen molar-refractivity contribution < 1.29 is 5.11 Å². The molecule has 0 spiro atoms. The van der Waals surface area contributed by atoms with Crippen LogP contribution >= 0.6 is 0 Å². The largest absolute Gasteiger partial charge is 0.390 e. The van der Waals surface area contributed by atoms with Crippen molar-refractivity contribution in [2.24, 2.45) is 5.92 Å². The zero-order chi connectivity index (χ0) is 15.1. The smallest absolute Gasteiger partial charge is 0.141 e. The molecule has 0 amide bonds.